The Bertz CT molecular complexity index is 789. The molecule has 1 aromatic carbocycles. The summed E-state index contributed by atoms with van der Waals surface area (Å²) in [6.07, 6.45) is 5.74. The number of fused-ring (bicyclic) bond motifs is 1. The molecule has 0 aliphatic heterocycles. The third-order valence-electron chi connectivity index (χ3n) is 4.83. The van der Waals surface area contributed by atoms with Gasteiger partial charge in [-0.15, -0.1) is 0 Å². The zero-order valence-corrected chi connectivity index (χ0v) is 16.0. The summed E-state index contributed by atoms with van der Waals surface area (Å²) in [6, 6.07) is 5.71. The average Bonchev–Trinajstić information content (AvgIpc) is 2.61. The van der Waals surface area contributed by atoms with Gasteiger partial charge in [0, 0.05) is 24.2 Å². The summed E-state index contributed by atoms with van der Waals surface area (Å²) >= 11 is 12.5. The first kappa shape index (κ1) is 18.3. The molecule has 1 aliphatic rings. The van der Waals surface area contributed by atoms with Crippen LogP contribution in [0, 0.1) is 6.92 Å². The van der Waals surface area contributed by atoms with Crippen LogP contribution < -0.4 is 4.74 Å². The van der Waals surface area contributed by atoms with E-state index in [0.717, 1.165) is 23.9 Å². The van der Waals surface area contributed by atoms with Gasteiger partial charge in [0.25, 0.3) is 5.91 Å². The lowest BCUT2D eigenvalue weighted by Gasteiger charge is -2.31. The molecule has 25 heavy (non-hydrogen) atoms. The fourth-order valence-electron chi connectivity index (χ4n) is 3.34. The first-order chi connectivity index (χ1) is 12.0. The van der Waals surface area contributed by atoms with Crippen molar-refractivity contribution in [2.45, 2.75) is 45.1 Å². The number of halogens is 2. The van der Waals surface area contributed by atoms with Gasteiger partial charge in [0.1, 0.15) is 5.52 Å². The van der Waals surface area contributed by atoms with Crippen molar-refractivity contribution >= 4 is 40.0 Å². The molecule has 0 radical (unpaired) electrons. The van der Waals surface area contributed by atoms with E-state index in [0.29, 0.717) is 27.4 Å². The number of hydrogen-bond acceptors (Lipinski definition) is 3. The maximum Gasteiger partial charge on any atom is 0.260 e. The van der Waals surface area contributed by atoms with Gasteiger partial charge in [-0.25, -0.2) is 4.98 Å². The van der Waals surface area contributed by atoms with Gasteiger partial charge in [-0.05, 0) is 38.0 Å². The van der Waals surface area contributed by atoms with Gasteiger partial charge >= 0.3 is 0 Å². The minimum Gasteiger partial charge on any atom is -0.480 e. The van der Waals surface area contributed by atoms with Crippen molar-refractivity contribution in [2.75, 3.05) is 13.7 Å². The zero-order chi connectivity index (χ0) is 18.0. The molecular formula is C19H22Cl2N2O2. The number of ether oxygens (including phenoxy) is 1. The molecule has 1 saturated carbocycles. The normalized spacial score (nSPS) is 15.4. The predicted molar refractivity (Wildman–Crippen MR) is 102 cm³/mol. The second-order valence-corrected chi connectivity index (χ2v) is 7.42. The lowest BCUT2D eigenvalue weighted by atomic mass is 9.94. The van der Waals surface area contributed by atoms with Crippen molar-refractivity contribution in [3.8, 4) is 5.75 Å². The molecule has 0 saturated heterocycles. The lowest BCUT2D eigenvalue weighted by Crippen LogP contribution is -2.40. The Morgan fingerprint density at radius 2 is 1.96 bits per heavy atom. The third-order valence-corrected chi connectivity index (χ3v) is 5.43. The summed E-state index contributed by atoms with van der Waals surface area (Å²) in [5.41, 5.74) is 1.42. The minimum atomic E-state index is -0.0565. The van der Waals surface area contributed by atoms with Crippen LogP contribution in [0.3, 0.4) is 0 Å². The topological polar surface area (TPSA) is 42.4 Å². The maximum atomic E-state index is 12.5. The molecule has 1 heterocycles. The van der Waals surface area contributed by atoms with Crippen LogP contribution in [0.2, 0.25) is 10.0 Å². The second kappa shape index (κ2) is 7.79. The Hall–Kier alpha value is -1.52. The van der Waals surface area contributed by atoms with Crippen LogP contribution >= 0.6 is 23.2 Å². The zero-order valence-electron chi connectivity index (χ0n) is 14.5. The standard InChI is InChI=1S/C19H22Cl2N2O2/c1-12-8-9-14-15(20)10-16(21)19(18(14)22-12)25-11-17(24)23(2)13-6-4-3-5-7-13/h8-10,13H,3-7,11H2,1-2H3. The molecule has 4 nitrogen and oxygen atoms in total. The quantitative estimate of drug-likeness (QED) is 0.747. The van der Waals surface area contributed by atoms with Gasteiger partial charge in [0.2, 0.25) is 0 Å². The number of carbonyl (C=O) groups is 1. The minimum absolute atomic E-state index is 0.0429. The van der Waals surface area contributed by atoms with Crippen molar-refractivity contribution in [1.82, 2.24) is 9.88 Å². The number of rotatable bonds is 4. The van der Waals surface area contributed by atoms with Crippen molar-refractivity contribution in [3.05, 3.63) is 33.9 Å². The molecule has 6 heteroatoms. The van der Waals surface area contributed by atoms with Crippen molar-refractivity contribution in [1.29, 1.82) is 0 Å². The van der Waals surface area contributed by atoms with Crippen molar-refractivity contribution in [3.63, 3.8) is 0 Å². The number of amides is 1. The summed E-state index contributed by atoms with van der Waals surface area (Å²) in [7, 11) is 1.85. The Morgan fingerprint density at radius 1 is 1.24 bits per heavy atom. The SMILES string of the molecule is Cc1ccc2c(Cl)cc(Cl)c(OCC(=O)N(C)C3CCCCC3)c2n1. The first-order valence-corrected chi connectivity index (χ1v) is 9.37. The molecule has 0 spiro atoms. The third kappa shape index (κ3) is 4.01. The molecule has 1 aliphatic carbocycles. The number of hydrogen-bond donors (Lipinski definition) is 0. The summed E-state index contributed by atoms with van der Waals surface area (Å²) in [4.78, 5) is 18.8. The lowest BCUT2D eigenvalue weighted by molar-refractivity contribution is -0.134. The van der Waals surface area contributed by atoms with Crippen molar-refractivity contribution < 1.29 is 9.53 Å². The monoisotopic (exact) mass is 380 g/mol. The number of pyridine rings is 1. The van der Waals surface area contributed by atoms with Crippen LogP contribution in [-0.2, 0) is 4.79 Å². The largest absolute Gasteiger partial charge is 0.480 e. The van der Waals surface area contributed by atoms with Gasteiger partial charge in [0.05, 0.1) is 10.0 Å². The van der Waals surface area contributed by atoms with Crippen LogP contribution in [0.5, 0.6) is 5.75 Å². The molecule has 0 atom stereocenters. The number of carbonyl (C=O) groups excluding carboxylic acids is 1. The van der Waals surface area contributed by atoms with E-state index < -0.39 is 0 Å². The molecule has 0 bridgehead atoms. The van der Waals surface area contributed by atoms with Crippen LogP contribution in [-0.4, -0.2) is 35.5 Å². The highest BCUT2D eigenvalue weighted by Crippen LogP contribution is 2.37. The molecule has 3 rings (SSSR count). The maximum absolute atomic E-state index is 12.5. The Morgan fingerprint density at radius 3 is 2.68 bits per heavy atom. The molecule has 134 valence electrons. The molecule has 1 fully saturated rings. The van der Waals surface area contributed by atoms with Gasteiger partial charge in [-0.1, -0.05) is 42.5 Å². The van der Waals surface area contributed by atoms with Crippen molar-refractivity contribution in [2.24, 2.45) is 0 Å². The molecule has 1 aromatic heterocycles. The van der Waals surface area contributed by atoms with Gasteiger partial charge in [-0.3, -0.25) is 4.79 Å². The molecule has 1 amide bonds. The van der Waals surface area contributed by atoms with Crippen LogP contribution in [0.1, 0.15) is 37.8 Å². The van der Waals surface area contributed by atoms with Gasteiger partial charge < -0.3 is 9.64 Å². The highest BCUT2D eigenvalue weighted by atomic mass is 35.5. The number of likely N-dealkylation sites (N-methyl/N-ethyl adjacent to an activating group) is 1. The summed E-state index contributed by atoms with van der Waals surface area (Å²) in [5.74, 6) is 0.369. The van der Waals surface area contributed by atoms with E-state index in [2.05, 4.69) is 4.98 Å². The molecule has 0 N–H and O–H groups in total. The van der Waals surface area contributed by atoms with Crippen LogP contribution in [0.15, 0.2) is 18.2 Å². The smallest absolute Gasteiger partial charge is 0.260 e. The van der Waals surface area contributed by atoms with E-state index in [1.54, 1.807) is 6.07 Å². The Labute approximate surface area is 158 Å². The van der Waals surface area contributed by atoms with E-state index in [-0.39, 0.29) is 12.5 Å². The molecule has 2 aromatic rings. The average molecular weight is 381 g/mol. The highest BCUT2D eigenvalue weighted by Gasteiger charge is 2.23. The summed E-state index contributed by atoms with van der Waals surface area (Å²) < 4.78 is 5.79. The summed E-state index contributed by atoms with van der Waals surface area (Å²) in [6.45, 7) is 1.83. The van der Waals surface area contributed by atoms with E-state index in [4.69, 9.17) is 27.9 Å². The van der Waals surface area contributed by atoms with Crippen LogP contribution in [0.25, 0.3) is 10.9 Å². The summed E-state index contributed by atoms with van der Waals surface area (Å²) in [5, 5.41) is 1.65. The van der Waals surface area contributed by atoms with Gasteiger partial charge in [-0.2, -0.15) is 0 Å². The molecule has 0 unspecified atom stereocenters. The van der Waals surface area contributed by atoms with E-state index in [1.165, 1.54) is 19.3 Å². The number of aromatic nitrogens is 1. The van der Waals surface area contributed by atoms with Gasteiger partial charge in [0.15, 0.2) is 12.4 Å². The van der Waals surface area contributed by atoms with Crippen LogP contribution in [0.4, 0.5) is 0 Å². The number of aryl methyl sites for hydroxylation is 1. The molecular weight excluding hydrogens is 359 g/mol. The fraction of sp³-hybridized carbons (Fsp3) is 0.474. The highest BCUT2D eigenvalue weighted by molar-refractivity contribution is 6.39. The van der Waals surface area contributed by atoms with E-state index >= 15 is 0 Å². The Balaban J connectivity index is 1.78. The number of benzene rings is 1. The Kier molecular flexibility index (Phi) is 5.70. The fourth-order valence-corrected chi connectivity index (χ4v) is 3.91. The second-order valence-electron chi connectivity index (χ2n) is 6.60. The van der Waals surface area contributed by atoms with E-state index in [9.17, 15) is 4.79 Å². The predicted octanol–water partition coefficient (Wildman–Crippen LogP) is 5.02. The van der Waals surface area contributed by atoms with E-state index in [1.807, 2.05) is 31.0 Å². The first-order valence-electron chi connectivity index (χ1n) is 8.61. The number of nitrogens with zero attached hydrogens (tertiary/aromatic N) is 2.